The van der Waals surface area contributed by atoms with E-state index in [4.69, 9.17) is 11.0 Å². The van der Waals surface area contributed by atoms with E-state index in [9.17, 15) is 0 Å². The average Bonchev–Trinajstić information content (AvgIpc) is 2.85. The first-order chi connectivity index (χ1) is 8.53. The van der Waals surface area contributed by atoms with Crippen LogP contribution in [-0.2, 0) is 5.54 Å². The van der Waals surface area contributed by atoms with Crippen molar-refractivity contribution in [2.24, 2.45) is 0 Å². The highest BCUT2D eigenvalue weighted by Crippen LogP contribution is 2.29. The second kappa shape index (κ2) is 4.67. The van der Waals surface area contributed by atoms with Crippen molar-refractivity contribution in [1.82, 2.24) is 4.98 Å². The van der Waals surface area contributed by atoms with Crippen LogP contribution in [0.4, 0.5) is 11.4 Å². The minimum absolute atomic E-state index is 0.324. The second-order valence-electron chi connectivity index (χ2n) is 4.50. The molecule has 1 aromatic heterocycles. The molecule has 0 fully saturated rings. The summed E-state index contributed by atoms with van der Waals surface area (Å²) in [6.45, 7) is 4.06. The summed E-state index contributed by atoms with van der Waals surface area (Å²) in [5.41, 5.74) is 7.25. The van der Waals surface area contributed by atoms with Crippen LogP contribution in [0.2, 0.25) is 0 Å². The monoisotopic (exact) mass is 258 g/mol. The summed E-state index contributed by atoms with van der Waals surface area (Å²) in [4.78, 5) is 4.31. The van der Waals surface area contributed by atoms with Gasteiger partial charge in [-0.25, -0.2) is 4.98 Å². The summed E-state index contributed by atoms with van der Waals surface area (Å²) in [6.07, 6.45) is 1.78. The number of benzene rings is 1. The van der Waals surface area contributed by atoms with Gasteiger partial charge in [0.1, 0.15) is 11.1 Å². The molecule has 0 bridgehead atoms. The topological polar surface area (TPSA) is 74.7 Å². The quantitative estimate of drug-likeness (QED) is 0.830. The lowest BCUT2D eigenvalue weighted by Gasteiger charge is -2.25. The number of thiazole rings is 1. The van der Waals surface area contributed by atoms with E-state index in [1.54, 1.807) is 29.7 Å². The van der Waals surface area contributed by atoms with Crippen LogP contribution >= 0.6 is 11.3 Å². The number of nitrogens with two attached hydrogens (primary N) is 1. The Kier molecular flexibility index (Phi) is 3.21. The van der Waals surface area contributed by atoms with E-state index >= 15 is 0 Å². The Morgan fingerprint density at radius 3 is 2.83 bits per heavy atom. The molecule has 4 nitrogen and oxygen atoms in total. The Morgan fingerprint density at radius 2 is 2.22 bits per heavy atom. The van der Waals surface area contributed by atoms with E-state index in [0.29, 0.717) is 11.3 Å². The number of nitriles is 1. The average molecular weight is 258 g/mol. The number of hydrogen-bond donors (Lipinski definition) is 2. The third kappa shape index (κ3) is 2.44. The molecule has 0 saturated heterocycles. The molecule has 18 heavy (non-hydrogen) atoms. The lowest BCUT2D eigenvalue weighted by atomic mass is 10.0. The number of aromatic nitrogens is 1. The third-order valence-corrected chi connectivity index (χ3v) is 3.68. The van der Waals surface area contributed by atoms with Crippen LogP contribution in [-0.4, -0.2) is 4.98 Å². The number of nitrogen functional groups attached to an aromatic ring is 1. The van der Waals surface area contributed by atoms with Crippen LogP contribution in [0.3, 0.4) is 0 Å². The Labute approximate surface area is 110 Å². The summed E-state index contributed by atoms with van der Waals surface area (Å²) in [5.74, 6) is 0. The predicted molar refractivity (Wildman–Crippen MR) is 74.3 cm³/mol. The Morgan fingerprint density at radius 1 is 1.44 bits per heavy atom. The molecule has 0 aliphatic carbocycles. The Balaban J connectivity index is 2.32. The highest BCUT2D eigenvalue weighted by molar-refractivity contribution is 7.09. The molecule has 2 rings (SSSR count). The molecule has 1 aromatic carbocycles. The van der Waals surface area contributed by atoms with Crippen molar-refractivity contribution in [2.45, 2.75) is 19.4 Å². The molecule has 0 atom stereocenters. The third-order valence-electron chi connectivity index (χ3n) is 2.58. The molecule has 0 aliphatic rings. The van der Waals surface area contributed by atoms with Gasteiger partial charge >= 0.3 is 0 Å². The fourth-order valence-corrected chi connectivity index (χ4v) is 2.40. The molecule has 92 valence electrons. The van der Waals surface area contributed by atoms with E-state index in [1.165, 1.54) is 0 Å². The zero-order valence-corrected chi connectivity index (χ0v) is 11.1. The molecule has 5 heteroatoms. The minimum Gasteiger partial charge on any atom is -0.399 e. The lowest BCUT2D eigenvalue weighted by molar-refractivity contribution is 0.604. The SMILES string of the molecule is CC(C)(Nc1ccc(N)cc1C#N)c1nccs1. The number of anilines is 2. The van der Waals surface area contributed by atoms with Gasteiger partial charge in [0.05, 0.1) is 16.8 Å². The molecule has 2 aromatic rings. The molecular weight excluding hydrogens is 244 g/mol. The van der Waals surface area contributed by atoms with Crippen LogP contribution in [0.15, 0.2) is 29.8 Å². The smallest absolute Gasteiger partial charge is 0.117 e. The van der Waals surface area contributed by atoms with Crippen molar-refractivity contribution < 1.29 is 0 Å². The Bertz CT molecular complexity index is 582. The van der Waals surface area contributed by atoms with Crippen LogP contribution in [0, 0.1) is 11.3 Å². The standard InChI is InChI=1S/C13H14N4S/c1-13(2,12-16-5-6-18-12)17-11-4-3-10(15)7-9(11)8-14/h3-7,17H,15H2,1-2H3. The number of nitrogens with zero attached hydrogens (tertiary/aromatic N) is 2. The van der Waals surface area contributed by atoms with Crippen molar-refractivity contribution >= 4 is 22.7 Å². The molecule has 3 N–H and O–H groups in total. The van der Waals surface area contributed by atoms with Gasteiger partial charge in [-0.15, -0.1) is 11.3 Å². The second-order valence-corrected chi connectivity index (χ2v) is 5.40. The number of nitrogens with one attached hydrogen (secondary N) is 1. The van der Waals surface area contributed by atoms with Crippen molar-refractivity contribution in [3.63, 3.8) is 0 Å². The summed E-state index contributed by atoms with van der Waals surface area (Å²) in [7, 11) is 0. The highest BCUT2D eigenvalue weighted by atomic mass is 32.1. The fraction of sp³-hybridized carbons (Fsp3) is 0.231. The van der Waals surface area contributed by atoms with E-state index in [1.807, 2.05) is 25.3 Å². The highest BCUT2D eigenvalue weighted by Gasteiger charge is 2.23. The van der Waals surface area contributed by atoms with Gasteiger partial charge in [0.2, 0.25) is 0 Å². The molecule has 0 aliphatic heterocycles. The molecule has 0 spiro atoms. The lowest BCUT2D eigenvalue weighted by Crippen LogP contribution is -2.28. The molecule has 1 heterocycles. The normalized spacial score (nSPS) is 10.9. The summed E-state index contributed by atoms with van der Waals surface area (Å²) in [5, 5.41) is 15.4. The van der Waals surface area contributed by atoms with E-state index in [-0.39, 0.29) is 5.54 Å². The van der Waals surface area contributed by atoms with Gasteiger partial charge in [-0.05, 0) is 32.0 Å². The van der Waals surface area contributed by atoms with E-state index < -0.39 is 0 Å². The Hall–Kier alpha value is -2.06. The summed E-state index contributed by atoms with van der Waals surface area (Å²) >= 11 is 1.58. The zero-order valence-electron chi connectivity index (χ0n) is 10.3. The van der Waals surface area contributed by atoms with Crippen molar-refractivity contribution in [3.05, 3.63) is 40.3 Å². The first-order valence-corrected chi connectivity index (χ1v) is 6.38. The maximum absolute atomic E-state index is 9.11. The van der Waals surface area contributed by atoms with Gasteiger partial charge in [0, 0.05) is 17.3 Å². The number of rotatable bonds is 3. The van der Waals surface area contributed by atoms with Crippen LogP contribution in [0.5, 0.6) is 0 Å². The largest absolute Gasteiger partial charge is 0.399 e. The molecule has 0 unspecified atom stereocenters. The van der Waals surface area contributed by atoms with Gasteiger partial charge in [-0.2, -0.15) is 5.26 Å². The van der Waals surface area contributed by atoms with Crippen molar-refractivity contribution in [3.8, 4) is 6.07 Å². The van der Waals surface area contributed by atoms with Crippen molar-refractivity contribution in [2.75, 3.05) is 11.1 Å². The number of hydrogen-bond acceptors (Lipinski definition) is 5. The molecular formula is C13H14N4S. The molecule has 0 saturated carbocycles. The predicted octanol–water partition coefficient (Wildman–Crippen LogP) is 2.94. The minimum atomic E-state index is -0.324. The maximum atomic E-state index is 9.11. The molecule has 0 radical (unpaired) electrons. The van der Waals surface area contributed by atoms with Crippen LogP contribution < -0.4 is 11.1 Å². The van der Waals surface area contributed by atoms with Gasteiger partial charge < -0.3 is 11.1 Å². The molecule has 0 amide bonds. The first-order valence-electron chi connectivity index (χ1n) is 5.51. The van der Waals surface area contributed by atoms with Crippen LogP contribution in [0.25, 0.3) is 0 Å². The summed E-state index contributed by atoms with van der Waals surface area (Å²) in [6, 6.07) is 7.41. The first kappa shape index (κ1) is 12.4. The zero-order chi connectivity index (χ0) is 13.2. The van der Waals surface area contributed by atoms with Gasteiger partial charge in [0.15, 0.2) is 0 Å². The van der Waals surface area contributed by atoms with Crippen LogP contribution in [0.1, 0.15) is 24.4 Å². The fourth-order valence-electron chi connectivity index (χ4n) is 1.69. The summed E-state index contributed by atoms with van der Waals surface area (Å²) < 4.78 is 0. The van der Waals surface area contributed by atoms with E-state index in [0.717, 1.165) is 10.7 Å². The van der Waals surface area contributed by atoms with Gasteiger partial charge in [0.25, 0.3) is 0 Å². The van der Waals surface area contributed by atoms with Gasteiger partial charge in [-0.3, -0.25) is 0 Å². The van der Waals surface area contributed by atoms with Gasteiger partial charge in [-0.1, -0.05) is 0 Å². The van der Waals surface area contributed by atoms with E-state index in [2.05, 4.69) is 16.4 Å². The maximum Gasteiger partial charge on any atom is 0.117 e. The van der Waals surface area contributed by atoms with Crippen molar-refractivity contribution in [1.29, 1.82) is 5.26 Å².